The Hall–Kier alpha value is -1.10. The zero-order chi connectivity index (χ0) is 14.6. The van der Waals surface area contributed by atoms with Crippen molar-refractivity contribution in [1.82, 2.24) is 10.2 Å². The van der Waals surface area contributed by atoms with E-state index in [-0.39, 0.29) is 29.2 Å². The van der Waals surface area contributed by atoms with Crippen molar-refractivity contribution in [3.63, 3.8) is 0 Å². The second kappa shape index (κ2) is 6.37. The summed E-state index contributed by atoms with van der Waals surface area (Å²) in [5.41, 5.74) is 5.82. The van der Waals surface area contributed by atoms with Crippen molar-refractivity contribution in [3.8, 4) is 0 Å². The highest BCUT2D eigenvalue weighted by atomic mass is 16.2. The van der Waals surface area contributed by atoms with E-state index in [4.69, 9.17) is 5.73 Å². The van der Waals surface area contributed by atoms with Crippen molar-refractivity contribution in [2.45, 2.75) is 46.6 Å². The Morgan fingerprint density at radius 2 is 2.16 bits per heavy atom. The summed E-state index contributed by atoms with van der Waals surface area (Å²) < 4.78 is 0. The molecule has 0 spiro atoms. The van der Waals surface area contributed by atoms with Gasteiger partial charge in [0.05, 0.1) is 5.92 Å². The lowest BCUT2D eigenvalue weighted by Crippen LogP contribution is -2.58. The summed E-state index contributed by atoms with van der Waals surface area (Å²) in [7, 11) is 0. The SMILES string of the molecule is CCC1C(=O)NCCN1C(=O)C(CN)CC(C)(C)C. The van der Waals surface area contributed by atoms with Gasteiger partial charge in [0.15, 0.2) is 0 Å². The average Bonchev–Trinajstić information content (AvgIpc) is 2.33. The maximum Gasteiger partial charge on any atom is 0.242 e. The monoisotopic (exact) mass is 269 g/mol. The summed E-state index contributed by atoms with van der Waals surface area (Å²) >= 11 is 0. The van der Waals surface area contributed by atoms with Crippen LogP contribution in [0.4, 0.5) is 0 Å². The molecule has 2 unspecified atom stereocenters. The molecule has 0 radical (unpaired) electrons. The molecule has 19 heavy (non-hydrogen) atoms. The van der Waals surface area contributed by atoms with E-state index < -0.39 is 0 Å². The normalized spacial score (nSPS) is 22.1. The van der Waals surface area contributed by atoms with Crippen LogP contribution in [-0.2, 0) is 9.59 Å². The Morgan fingerprint density at radius 1 is 1.53 bits per heavy atom. The van der Waals surface area contributed by atoms with Gasteiger partial charge in [-0.3, -0.25) is 9.59 Å². The van der Waals surface area contributed by atoms with Crippen molar-refractivity contribution in [2.24, 2.45) is 17.1 Å². The van der Waals surface area contributed by atoms with Crippen LogP contribution >= 0.6 is 0 Å². The lowest BCUT2D eigenvalue weighted by atomic mass is 9.83. The minimum absolute atomic E-state index is 0.0270. The predicted molar refractivity (Wildman–Crippen MR) is 75.4 cm³/mol. The first-order valence-electron chi connectivity index (χ1n) is 7.08. The lowest BCUT2D eigenvalue weighted by molar-refractivity contribution is -0.146. The number of nitrogens with zero attached hydrogens (tertiary/aromatic N) is 1. The van der Waals surface area contributed by atoms with Crippen LogP contribution in [0.25, 0.3) is 0 Å². The lowest BCUT2D eigenvalue weighted by Gasteiger charge is -2.37. The van der Waals surface area contributed by atoms with E-state index >= 15 is 0 Å². The van der Waals surface area contributed by atoms with E-state index in [1.165, 1.54) is 0 Å². The summed E-state index contributed by atoms with van der Waals surface area (Å²) in [6, 6.07) is -0.338. The molecule has 5 nitrogen and oxygen atoms in total. The molecule has 0 saturated carbocycles. The maximum absolute atomic E-state index is 12.6. The summed E-state index contributed by atoms with van der Waals surface area (Å²) in [5, 5.41) is 2.81. The van der Waals surface area contributed by atoms with E-state index in [1.54, 1.807) is 4.90 Å². The van der Waals surface area contributed by atoms with Gasteiger partial charge in [-0.2, -0.15) is 0 Å². The minimum Gasteiger partial charge on any atom is -0.353 e. The van der Waals surface area contributed by atoms with Gasteiger partial charge in [0, 0.05) is 19.6 Å². The highest BCUT2D eigenvalue weighted by molar-refractivity contribution is 5.89. The van der Waals surface area contributed by atoms with Crippen LogP contribution in [0.3, 0.4) is 0 Å². The third kappa shape index (κ3) is 4.20. The highest BCUT2D eigenvalue weighted by Crippen LogP contribution is 2.26. The molecule has 0 aromatic rings. The molecule has 1 heterocycles. The van der Waals surface area contributed by atoms with Gasteiger partial charge in [-0.05, 0) is 18.3 Å². The highest BCUT2D eigenvalue weighted by Gasteiger charge is 2.35. The fraction of sp³-hybridized carbons (Fsp3) is 0.857. The standard InChI is InChI=1S/C14H27N3O2/c1-5-11-12(18)16-6-7-17(11)13(19)10(9-15)8-14(2,3)4/h10-11H,5-9,15H2,1-4H3,(H,16,18). The van der Waals surface area contributed by atoms with Crippen molar-refractivity contribution < 1.29 is 9.59 Å². The van der Waals surface area contributed by atoms with Crippen LogP contribution in [-0.4, -0.2) is 42.4 Å². The molecule has 2 atom stereocenters. The van der Waals surface area contributed by atoms with E-state index in [1.807, 2.05) is 6.92 Å². The molecule has 0 bridgehead atoms. The van der Waals surface area contributed by atoms with Crippen LogP contribution in [0, 0.1) is 11.3 Å². The van der Waals surface area contributed by atoms with Crippen LogP contribution in [0.5, 0.6) is 0 Å². The Kier molecular flexibility index (Phi) is 5.35. The van der Waals surface area contributed by atoms with Gasteiger partial charge >= 0.3 is 0 Å². The van der Waals surface area contributed by atoms with E-state index in [0.29, 0.717) is 26.1 Å². The zero-order valence-corrected chi connectivity index (χ0v) is 12.5. The first-order chi connectivity index (χ1) is 8.80. The summed E-state index contributed by atoms with van der Waals surface area (Å²) in [6.07, 6.45) is 1.39. The number of rotatable bonds is 4. The van der Waals surface area contributed by atoms with E-state index in [2.05, 4.69) is 26.1 Å². The van der Waals surface area contributed by atoms with E-state index in [9.17, 15) is 9.59 Å². The Balaban J connectivity index is 2.80. The molecule has 110 valence electrons. The molecule has 0 aromatic carbocycles. The Bertz CT molecular complexity index is 336. The molecule has 1 aliphatic rings. The number of amides is 2. The third-order valence-electron chi connectivity index (χ3n) is 3.49. The Morgan fingerprint density at radius 3 is 2.63 bits per heavy atom. The third-order valence-corrected chi connectivity index (χ3v) is 3.49. The number of carbonyl (C=O) groups is 2. The predicted octanol–water partition coefficient (Wildman–Crippen LogP) is 0.735. The molecule has 1 aliphatic heterocycles. The summed E-state index contributed by atoms with van der Waals surface area (Å²) in [5.74, 6) is -0.215. The van der Waals surface area contributed by atoms with Gasteiger partial charge < -0.3 is 16.0 Å². The van der Waals surface area contributed by atoms with Crippen molar-refractivity contribution in [3.05, 3.63) is 0 Å². The fourth-order valence-electron chi connectivity index (χ4n) is 2.63. The van der Waals surface area contributed by atoms with Crippen LogP contribution in [0.2, 0.25) is 0 Å². The fourth-order valence-corrected chi connectivity index (χ4v) is 2.63. The van der Waals surface area contributed by atoms with Crippen molar-refractivity contribution in [1.29, 1.82) is 0 Å². The number of piperazine rings is 1. The molecular weight excluding hydrogens is 242 g/mol. The number of nitrogens with one attached hydrogen (secondary N) is 1. The number of hydrogen-bond donors (Lipinski definition) is 2. The molecule has 2 amide bonds. The Labute approximate surface area is 115 Å². The maximum atomic E-state index is 12.6. The zero-order valence-electron chi connectivity index (χ0n) is 12.5. The molecule has 5 heteroatoms. The van der Waals surface area contributed by atoms with Gasteiger partial charge in [-0.15, -0.1) is 0 Å². The van der Waals surface area contributed by atoms with Gasteiger partial charge in [0.2, 0.25) is 11.8 Å². The van der Waals surface area contributed by atoms with Crippen LogP contribution in [0.1, 0.15) is 40.5 Å². The molecule has 1 rings (SSSR count). The topological polar surface area (TPSA) is 75.4 Å². The second-order valence-electron chi connectivity index (χ2n) is 6.44. The summed E-state index contributed by atoms with van der Waals surface area (Å²) in [4.78, 5) is 26.1. The molecule has 0 aromatic heterocycles. The van der Waals surface area contributed by atoms with Gasteiger partial charge in [-0.1, -0.05) is 27.7 Å². The van der Waals surface area contributed by atoms with E-state index in [0.717, 1.165) is 6.42 Å². The molecule has 3 N–H and O–H groups in total. The summed E-state index contributed by atoms with van der Waals surface area (Å²) in [6.45, 7) is 9.69. The quantitative estimate of drug-likeness (QED) is 0.790. The molecule has 1 fully saturated rings. The minimum atomic E-state index is -0.338. The van der Waals surface area contributed by atoms with Crippen molar-refractivity contribution in [2.75, 3.05) is 19.6 Å². The van der Waals surface area contributed by atoms with Gasteiger partial charge in [0.1, 0.15) is 6.04 Å². The molecular formula is C14H27N3O2. The molecule has 1 saturated heterocycles. The van der Waals surface area contributed by atoms with Gasteiger partial charge in [0.25, 0.3) is 0 Å². The smallest absolute Gasteiger partial charge is 0.242 e. The second-order valence-corrected chi connectivity index (χ2v) is 6.44. The molecule has 0 aliphatic carbocycles. The first kappa shape index (κ1) is 16.0. The van der Waals surface area contributed by atoms with Crippen molar-refractivity contribution >= 4 is 11.8 Å². The number of hydrogen-bond acceptors (Lipinski definition) is 3. The largest absolute Gasteiger partial charge is 0.353 e. The van der Waals surface area contributed by atoms with Crippen LogP contribution < -0.4 is 11.1 Å². The average molecular weight is 269 g/mol. The number of carbonyl (C=O) groups excluding carboxylic acids is 2. The van der Waals surface area contributed by atoms with Gasteiger partial charge in [-0.25, -0.2) is 0 Å². The van der Waals surface area contributed by atoms with Crippen LogP contribution in [0.15, 0.2) is 0 Å². The number of nitrogens with two attached hydrogens (primary N) is 1. The first-order valence-corrected chi connectivity index (χ1v) is 7.08.